The fourth-order valence-electron chi connectivity index (χ4n) is 2.72. The lowest BCUT2D eigenvalue weighted by atomic mass is 10.1. The quantitative estimate of drug-likeness (QED) is 0.624. The SMILES string of the molecule is CC(C)CCN1CC2CCC1C2. The van der Waals surface area contributed by atoms with Gasteiger partial charge >= 0.3 is 0 Å². The molecule has 2 bridgehead atoms. The average Bonchev–Trinajstić information content (AvgIpc) is 2.60. The van der Waals surface area contributed by atoms with Crippen LogP contribution in [0, 0.1) is 11.8 Å². The van der Waals surface area contributed by atoms with E-state index in [0.29, 0.717) is 0 Å². The van der Waals surface area contributed by atoms with E-state index in [4.69, 9.17) is 0 Å². The van der Waals surface area contributed by atoms with E-state index in [1.165, 1.54) is 38.8 Å². The average molecular weight is 167 g/mol. The summed E-state index contributed by atoms with van der Waals surface area (Å²) in [6, 6.07) is 0.980. The fraction of sp³-hybridized carbons (Fsp3) is 1.00. The van der Waals surface area contributed by atoms with Gasteiger partial charge in [0.15, 0.2) is 0 Å². The molecule has 0 aromatic carbocycles. The van der Waals surface area contributed by atoms with Crippen LogP contribution in [-0.4, -0.2) is 24.0 Å². The molecule has 1 nitrogen and oxygen atoms in total. The lowest BCUT2D eigenvalue weighted by Gasteiger charge is -2.27. The highest BCUT2D eigenvalue weighted by Crippen LogP contribution is 2.37. The van der Waals surface area contributed by atoms with E-state index in [1.807, 2.05) is 0 Å². The van der Waals surface area contributed by atoms with E-state index in [1.54, 1.807) is 0 Å². The number of fused-ring (bicyclic) bond motifs is 2. The number of hydrogen-bond acceptors (Lipinski definition) is 1. The Balaban J connectivity index is 1.76. The van der Waals surface area contributed by atoms with Crippen LogP contribution < -0.4 is 0 Å². The Labute approximate surface area is 76.1 Å². The van der Waals surface area contributed by atoms with Crippen molar-refractivity contribution in [3.05, 3.63) is 0 Å². The Hall–Kier alpha value is -0.0400. The molecule has 2 rings (SSSR count). The number of rotatable bonds is 3. The van der Waals surface area contributed by atoms with Gasteiger partial charge in [-0.2, -0.15) is 0 Å². The molecule has 70 valence electrons. The number of piperidine rings is 1. The molecular formula is C11H21N. The van der Waals surface area contributed by atoms with Crippen molar-refractivity contribution in [1.82, 2.24) is 4.90 Å². The van der Waals surface area contributed by atoms with Gasteiger partial charge in [-0.25, -0.2) is 0 Å². The lowest BCUT2D eigenvalue weighted by molar-refractivity contribution is 0.203. The van der Waals surface area contributed by atoms with Crippen LogP contribution in [-0.2, 0) is 0 Å². The van der Waals surface area contributed by atoms with Crippen molar-refractivity contribution in [1.29, 1.82) is 0 Å². The largest absolute Gasteiger partial charge is 0.300 e. The predicted molar refractivity (Wildman–Crippen MR) is 52.2 cm³/mol. The number of hydrogen-bond donors (Lipinski definition) is 0. The van der Waals surface area contributed by atoms with Gasteiger partial charge in [0, 0.05) is 12.6 Å². The third-order valence-electron chi connectivity index (χ3n) is 3.52. The van der Waals surface area contributed by atoms with Crippen LogP contribution in [0.25, 0.3) is 0 Å². The Morgan fingerprint density at radius 2 is 2.17 bits per heavy atom. The zero-order chi connectivity index (χ0) is 8.55. The molecule has 2 atom stereocenters. The summed E-state index contributed by atoms with van der Waals surface area (Å²) >= 11 is 0. The van der Waals surface area contributed by atoms with Crippen molar-refractivity contribution < 1.29 is 0 Å². The summed E-state index contributed by atoms with van der Waals surface area (Å²) in [7, 11) is 0. The predicted octanol–water partition coefficient (Wildman–Crippen LogP) is 2.52. The second kappa shape index (κ2) is 3.37. The van der Waals surface area contributed by atoms with Crippen LogP contribution in [0.5, 0.6) is 0 Å². The summed E-state index contributed by atoms with van der Waals surface area (Å²) in [4.78, 5) is 2.73. The third-order valence-corrected chi connectivity index (χ3v) is 3.52. The van der Waals surface area contributed by atoms with Crippen molar-refractivity contribution in [3.63, 3.8) is 0 Å². The van der Waals surface area contributed by atoms with Crippen molar-refractivity contribution in [3.8, 4) is 0 Å². The normalized spacial score (nSPS) is 35.2. The zero-order valence-corrected chi connectivity index (χ0v) is 8.42. The Kier molecular flexibility index (Phi) is 2.40. The van der Waals surface area contributed by atoms with Crippen molar-refractivity contribution in [2.75, 3.05) is 13.1 Å². The Bertz CT molecular complexity index is 153. The summed E-state index contributed by atoms with van der Waals surface area (Å²) < 4.78 is 0. The van der Waals surface area contributed by atoms with Crippen LogP contribution in [0.4, 0.5) is 0 Å². The van der Waals surface area contributed by atoms with Gasteiger partial charge in [0.05, 0.1) is 0 Å². The first kappa shape index (κ1) is 8.55. The molecule has 1 heterocycles. The zero-order valence-electron chi connectivity index (χ0n) is 8.42. The molecule has 1 saturated heterocycles. The maximum atomic E-state index is 2.73. The highest BCUT2D eigenvalue weighted by Gasteiger charge is 2.36. The second-order valence-electron chi connectivity index (χ2n) is 5.01. The molecule has 1 aliphatic carbocycles. The molecule has 0 aromatic heterocycles. The van der Waals surface area contributed by atoms with Crippen LogP contribution in [0.2, 0.25) is 0 Å². The summed E-state index contributed by atoms with van der Waals surface area (Å²) in [5.41, 5.74) is 0. The molecule has 1 aliphatic heterocycles. The van der Waals surface area contributed by atoms with E-state index >= 15 is 0 Å². The highest BCUT2D eigenvalue weighted by atomic mass is 15.2. The van der Waals surface area contributed by atoms with Gasteiger partial charge in [-0.05, 0) is 44.1 Å². The second-order valence-corrected chi connectivity index (χ2v) is 5.01. The van der Waals surface area contributed by atoms with Gasteiger partial charge in [0.2, 0.25) is 0 Å². The van der Waals surface area contributed by atoms with Crippen LogP contribution in [0.3, 0.4) is 0 Å². The fourth-order valence-corrected chi connectivity index (χ4v) is 2.72. The molecule has 1 saturated carbocycles. The minimum atomic E-state index is 0.879. The van der Waals surface area contributed by atoms with E-state index in [9.17, 15) is 0 Å². The molecule has 0 amide bonds. The first-order valence-corrected chi connectivity index (χ1v) is 5.49. The third kappa shape index (κ3) is 1.66. The molecule has 0 radical (unpaired) electrons. The molecule has 1 heteroatoms. The van der Waals surface area contributed by atoms with Crippen molar-refractivity contribution in [2.24, 2.45) is 11.8 Å². The first-order valence-electron chi connectivity index (χ1n) is 5.49. The van der Waals surface area contributed by atoms with E-state index < -0.39 is 0 Å². The number of nitrogens with zero attached hydrogens (tertiary/aromatic N) is 1. The van der Waals surface area contributed by atoms with Gasteiger partial charge in [-0.1, -0.05) is 13.8 Å². The van der Waals surface area contributed by atoms with Crippen LogP contribution in [0.15, 0.2) is 0 Å². The maximum Gasteiger partial charge on any atom is 0.00985 e. The first-order chi connectivity index (χ1) is 5.75. The molecule has 0 aromatic rings. The van der Waals surface area contributed by atoms with E-state index in [0.717, 1.165) is 17.9 Å². The van der Waals surface area contributed by atoms with Crippen LogP contribution in [0.1, 0.15) is 39.5 Å². The molecule has 0 N–H and O–H groups in total. The standard InChI is InChI=1S/C11H21N/c1-9(2)5-6-12-8-10-3-4-11(12)7-10/h9-11H,3-8H2,1-2H3. The molecule has 2 aliphatic rings. The van der Waals surface area contributed by atoms with Gasteiger partial charge in [0.25, 0.3) is 0 Å². The Morgan fingerprint density at radius 1 is 1.33 bits per heavy atom. The minimum Gasteiger partial charge on any atom is -0.300 e. The van der Waals surface area contributed by atoms with Gasteiger partial charge in [-0.15, -0.1) is 0 Å². The highest BCUT2D eigenvalue weighted by molar-refractivity contribution is 4.91. The van der Waals surface area contributed by atoms with Crippen molar-refractivity contribution in [2.45, 2.75) is 45.6 Å². The molecule has 2 fully saturated rings. The number of likely N-dealkylation sites (tertiary alicyclic amines) is 1. The van der Waals surface area contributed by atoms with Gasteiger partial charge in [0.1, 0.15) is 0 Å². The maximum absolute atomic E-state index is 2.73. The molecule has 2 unspecified atom stereocenters. The van der Waals surface area contributed by atoms with Crippen LogP contribution >= 0.6 is 0 Å². The van der Waals surface area contributed by atoms with Gasteiger partial charge < -0.3 is 4.90 Å². The lowest BCUT2D eigenvalue weighted by Crippen LogP contribution is -2.33. The van der Waals surface area contributed by atoms with E-state index in [-0.39, 0.29) is 0 Å². The summed E-state index contributed by atoms with van der Waals surface area (Å²) in [5, 5.41) is 0. The molecule has 12 heavy (non-hydrogen) atoms. The smallest absolute Gasteiger partial charge is 0.00985 e. The van der Waals surface area contributed by atoms with E-state index in [2.05, 4.69) is 18.7 Å². The molecular weight excluding hydrogens is 146 g/mol. The van der Waals surface area contributed by atoms with Crippen molar-refractivity contribution >= 4 is 0 Å². The topological polar surface area (TPSA) is 3.24 Å². The minimum absolute atomic E-state index is 0.879. The summed E-state index contributed by atoms with van der Waals surface area (Å²) in [5.74, 6) is 1.95. The van der Waals surface area contributed by atoms with Gasteiger partial charge in [-0.3, -0.25) is 0 Å². The molecule has 0 spiro atoms. The summed E-state index contributed by atoms with van der Waals surface area (Å²) in [6.07, 6.45) is 5.91. The monoisotopic (exact) mass is 167 g/mol. The Morgan fingerprint density at radius 3 is 2.67 bits per heavy atom. The summed E-state index contributed by atoms with van der Waals surface area (Å²) in [6.45, 7) is 7.43.